The minimum Gasteiger partial charge on any atom is -0.392 e. The second-order valence-corrected chi connectivity index (χ2v) is 13.0. The molecule has 2 saturated heterocycles. The molecule has 4 atom stereocenters. The standard InChI is InChI=1S/C32H35Cl3N2O5/c1-21-28(19-37-14-16-40-17-15-37)41-30(42-29(21)24-8-6-22(20-38)7-9-24)25-12-10-23(11-13-25)27-5-3-2-4-26(27)18-36-31(39)32(33,34)35/h2-13,21,28-30,38H,14-20H2,1H3,(H,36,39)/t21-,28+,29+,30+/m1/s1. The average Bonchev–Trinajstić information content (AvgIpc) is 3.01. The van der Waals surface area contributed by atoms with Crippen LogP contribution < -0.4 is 5.32 Å². The van der Waals surface area contributed by atoms with E-state index in [0.717, 1.165) is 66.2 Å². The lowest BCUT2D eigenvalue weighted by Crippen LogP contribution is -2.47. The summed E-state index contributed by atoms with van der Waals surface area (Å²) in [5.41, 5.74) is 5.66. The van der Waals surface area contributed by atoms with E-state index in [4.69, 9.17) is 49.0 Å². The first-order valence-corrected chi connectivity index (χ1v) is 15.2. The zero-order chi connectivity index (χ0) is 29.7. The Hall–Kier alpha value is -2.20. The molecule has 7 nitrogen and oxygen atoms in total. The van der Waals surface area contributed by atoms with E-state index in [0.29, 0.717) is 0 Å². The first-order valence-electron chi connectivity index (χ1n) is 14.1. The minimum atomic E-state index is -2.02. The molecule has 5 rings (SSSR count). The average molecular weight is 634 g/mol. The van der Waals surface area contributed by atoms with Crippen molar-refractivity contribution in [2.45, 2.75) is 42.4 Å². The summed E-state index contributed by atoms with van der Waals surface area (Å²) in [6.45, 7) is 6.40. The van der Waals surface area contributed by atoms with Gasteiger partial charge in [0.15, 0.2) is 6.29 Å². The number of amides is 1. The van der Waals surface area contributed by atoms with Crippen LogP contribution in [-0.2, 0) is 32.2 Å². The molecule has 224 valence electrons. The number of morpholine rings is 1. The SMILES string of the molecule is C[C@@H]1[C@H](CN2CCOCC2)O[C@H](c2ccc(-c3ccccc3CNC(=O)C(Cl)(Cl)Cl)cc2)O[C@@H]1c1ccc(CO)cc1. The number of hydrogen-bond acceptors (Lipinski definition) is 6. The molecule has 42 heavy (non-hydrogen) atoms. The van der Waals surface area contributed by atoms with Crippen LogP contribution in [0, 0.1) is 5.92 Å². The van der Waals surface area contributed by atoms with E-state index in [1.807, 2.05) is 72.8 Å². The molecule has 2 N–H and O–H groups in total. The van der Waals surface area contributed by atoms with Crippen LogP contribution in [0.5, 0.6) is 0 Å². The third-order valence-electron chi connectivity index (χ3n) is 7.87. The van der Waals surface area contributed by atoms with Crippen molar-refractivity contribution in [3.63, 3.8) is 0 Å². The predicted molar refractivity (Wildman–Crippen MR) is 164 cm³/mol. The molecule has 1 amide bonds. The molecule has 0 aromatic heterocycles. The summed E-state index contributed by atoms with van der Waals surface area (Å²) in [4.78, 5) is 14.5. The molecule has 2 fully saturated rings. The predicted octanol–water partition coefficient (Wildman–Crippen LogP) is 5.96. The Morgan fingerprint density at radius 3 is 2.29 bits per heavy atom. The number of rotatable bonds is 8. The van der Waals surface area contributed by atoms with E-state index >= 15 is 0 Å². The first-order chi connectivity index (χ1) is 20.2. The lowest BCUT2D eigenvalue weighted by molar-refractivity contribution is -0.277. The van der Waals surface area contributed by atoms with E-state index in [1.54, 1.807) is 0 Å². The number of nitrogens with one attached hydrogen (secondary N) is 1. The number of aliphatic hydroxyl groups excluding tert-OH is 1. The monoisotopic (exact) mass is 632 g/mol. The third-order valence-corrected chi connectivity index (χ3v) is 8.39. The number of halogens is 3. The quantitative estimate of drug-likeness (QED) is 0.298. The molecule has 2 aliphatic rings. The van der Waals surface area contributed by atoms with E-state index in [2.05, 4.69) is 17.1 Å². The van der Waals surface area contributed by atoms with Gasteiger partial charge in [-0.1, -0.05) is 115 Å². The fourth-order valence-electron chi connectivity index (χ4n) is 5.42. The Bertz CT molecular complexity index is 1330. The van der Waals surface area contributed by atoms with Gasteiger partial charge >= 0.3 is 0 Å². The molecule has 10 heteroatoms. The number of nitrogens with zero attached hydrogens (tertiary/aromatic N) is 1. The lowest BCUT2D eigenvalue weighted by Gasteiger charge is -2.43. The molecule has 3 aromatic carbocycles. The molecule has 2 aliphatic heterocycles. The van der Waals surface area contributed by atoms with Crippen LogP contribution in [0.3, 0.4) is 0 Å². The van der Waals surface area contributed by atoms with Gasteiger partial charge in [-0.25, -0.2) is 0 Å². The normalized spacial score (nSPS) is 23.5. The van der Waals surface area contributed by atoms with Gasteiger partial charge in [0.1, 0.15) is 0 Å². The van der Waals surface area contributed by atoms with Gasteiger partial charge in [0.05, 0.1) is 32.0 Å². The fraction of sp³-hybridized carbons (Fsp3) is 0.406. The van der Waals surface area contributed by atoms with Gasteiger partial charge in [-0.2, -0.15) is 0 Å². The van der Waals surface area contributed by atoms with Gasteiger partial charge in [-0.15, -0.1) is 0 Å². The maximum absolute atomic E-state index is 12.1. The van der Waals surface area contributed by atoms with Crippen molar-refractivity contribution in [2.24, 2.45) is 5.92 Å². The molecular weight excluding hydrogens is 599 g/mol. The fourth-order valence-corrected chi connectivity index (χ4v) is 5.62. The Balaban J connectivity index is 1.37. The van der Waals surface area contributed by atoms with Crippen LogP contribution in [0.25, 0.3) is 11.1 Å². The summed E-state index contributed by atoms with van der Waals surface area (Å²) in [7, 11) is 0. The summed E-state index contributed by atoms with van der Waals surface area (Å²) >= 11 is 17.1. The molecule has 0 spiro atoms. The highest BCUT2D eigenvalue weighted by atomic mass is 35.6. The third kappa shape index (κ3) is 7.65. The summed E-state index contributed by atoms with van der Waals surface area (Å²) in [6.07, 6.45) is -0.779. The number of alkyl halides is 3. The number of aliphatic hydroxyl groups is 1. The summed E-state index contributed by atoms with van der Waals surface area (Å²) in [5.74, 6) is -0.566. The molecular formula is C32H35Cl3N2O5. The molecule has 0 aliphatic carbocycles. The molecule has 0 saturated carbocycles. The van der Waals surface area contributed by atoms with Crippen molar-refractivity contribution in [1.29, 1.82) is 0 Å². The Labute approximate surface area is 261 Å². The molecule has 3 aromatic rings. The number of carbonyl (C=O) groups excluding carboxylic acids is 1. The van der Waals surface area contributed by atoms with Crippen LogP contribution in [0.15, 0.2) is 72.8 Å². The van der Waals surface area contributed by atoms with Gasteiger partial charge in [0, 0.05) is 37.7 Å². The number of hydrogen-bond donors (Lipinski definition) is 2. The van der Waals surface area contributed by atoms with Gasteiger partial charge < -0.3 is 24.6 Å². The zero-order valence-corrected chi connectivity index (χ0v) is 25.6. The second kappa shape index (κ2) is 14.1. The van der Waals surface area contributed by atoms with Crippen molar-refractivity contribution in [1.82, 2.24) is 10.2 Å². The largest absolute Gasteiger partial charge is 0.392 e. The summed E-state index contributed by atoms with van der Waals surface area (Å²) < 4.78 is 16.8. The molecule has 0 bridgehead atoms. The minimum absolute atomic E-state index is 0.00149. The van der Waals surface area contributed by atoms with Crippen LogP contribution >= 0.6 is 34.8 Å². The smallest absolute Gasteiger partial charge is 0.272 e. The number of ether oxygens (including phenoxy) is 3. The highest BCUT2D eigenvalue weighted by Gasteiger charge is 2.39. The summed E-state index contributed by atoms with van der Waals surface area (Å²) in [6, 6.07) is 23.8. The molecule has 0 radical (unpaired) electrons. The van der Waals surface area contributed by atoms with Crippen molar-refractivity contribution in [3.05, 3.63) is 95.1 Å². The van der Waals surface area contributed by atoms with Gasteiger partial charge in [0.25, 0.3) is 9.70 Å². The summed E-state index contributed by atoms with van der Waals surface area (Å²) in [5, 5.41) is 12.2. The molecule has 2 heterocycles. The number of carbonyl (C=O) groups is 1. The van der Waals surface area contributed by atoms with Crippen LogP contribution in [0.1, 0.15) is 41.6 Å². The number of benzene rings is 3. The van der Waals surface area contributed by atoms with Gasteiger partial charge in [-0.05, 0) is 27.8 Å². The van der Waals surface area contributed by atoms with Crippen molar-refractivity contribution in [3.8, 4) is 11.1 Å². The second-order valence-electron chi connectivity index (χ2n) is 10.7. The van der Waals surface area contributed by atoms with Crippen LogP contribution in [-0.4, -0.2) is 58.7 Å². The molecule has 0 unspecified atom stereocenters. The van der Waals surface area contributed by atoms with Crippen molar-refractivity contribution < 1.29 is 24.1 Å². The topological polar surface area (TPSA) is 80.3 Å². The van der Waals surface area contributed by atoms with E-state index in [-0.39, 0.29) is 31.3 Å². The van der Waals surface area contributed by atoms with Crippen molar-refractivity contribution in [2.75, 3.05) is 32.8 Å². The Morgan fingerprint density at radius 2 is 1.62 bits per heavy atom. The van der Waals surface area contributed by atoms with Gasteiger partial charge in [-0.3, -0.25) is 9.69 Å². The van der Waals surface area contributed by atoms with Crippen molar-refractivity contribution >= 4 is 40.7 Å². The van der Waals surface area contributed by atoms with E-state index in [9.17, 15) is 9.90 Å². The van der Waals surface area contributed by atoms with Gasteiger partial charge in [0.2, 0.25) is 0 Å². The zero-order valence-electron chi connectivity index (χ0n) is 23.3. The highest BCUT2D eigenvalue weighted by molar-refractivity contribution is 6.76. The Morgan fingerprint density at radius 1 is 0.952 bits per heavy atom. The van der Waals surface area contributed by atoms with Crippen LogP contribution in [0.4, 0.5) is 0 Å². The Kier molecular flexibility index (Phi) is 10.5. The maximum atomic E-state index is 12.1. The van der Waals surface area contributed by atoms with Crippen LogP contribution in [0.2, 0.25) is 0 Å². The first kappa shape index (κ1) is 31.2. The highest BCUT2D eigenvalue weighted by Crippen LogP contribution is 2.42. The van der Waals surface area contributed by atoms with E-state index < -0.39 is 16.0 Å². The lowest BCUT2D eigenvalue weighted by atomic mass is 9.90. The maximum Gasteiger partial charge on any atom is 0.272 e. The van der Waals surface area contributed by atoms with E-state index in [1.165, 1.54) is 0 Å².